The zero-order valence-corrected chi connectivity index (χ0v) is 13.8. The van der Waals surface area contributed by atoms with Gasteiger partial charge in [-0.2, -0.15) is 0 Å². The van der Waals surface area contributed by atoms with Crippen LogP contribution in [-0.4, -0.2) is 53.6 Å². The molecule has 0 unspecified atom stereocenters. The molecule has 3 saturated heterocycles. The van der Waals surface area contributed by atoms with E-state index in [1.54, 1.807) is 29.2 Å². The molecule has 4 fully saturated rings. The number of piperidine rings is 2. The van der Waals surface area contributed by atoms with Crippen molar-refractivity contribution in [3.8, 4) is 5.75 Å². The summed E-state index contributed by atoms with van der Waals surface area (Å²) in [5.41, 5.74) is 0. The molecule has 132 valence electrons. The number of hydrogen-bond acceptors (Lipinski definition) is 5. The van der Waals surface area contributed by atoms with Crippen LogP contribution in [0.1, 0.15) is 19.3 Å². The van der Waals surface area contributed by atoms with Gasteiger partial charge in [0.1, 0.15) is 12.4 Å². The van der Waals surface area contributed by atoms with Gasteiger partial charge in [0.15, 0.2) is 0 Å². The van der Waals surface area contributed by atoms with E-state index in [-0.39, 0.29) is 30.4 Å². The lowest BCUT2D eigenvalue weighted by Gasteiger charge is -2.48. The van der Waals surface area contributed by atoms with E-state index in [0.29, 0.717) is 25.3 Å². The molecule has 3 heterocycles. The maximum Gasteiger partial charge on any atom is 0.416 e. The highest BCUT2D eigenvalue weighted by atomic mass is 16.6. The minimum absolute atomic E-state index is 0.220. The molecule has 25 heavy (non-hydrogen) atoms. The minimum Gasteiger partial charge on any atom is -0.447 e. The molecule has 3 atom stereocenters. The third kappa shape index (κ3) is 2.94. The molecule has 1 aliphatic carbocycles. The van der Waals surface area contributed by atoms with Crippen LogP contribution in [0.25, 0.3) is 0 Å². The van der Waals surface area contributed by atoms with Crippen molar-refractivity contribution in [3.63, 3.8) is 0 Å². The number of carbonyl (C=O) groups excluding carboxylic acids is 3. The number of amides is 3. The number of hydrogen-bond donors (Lipinski definition) is 0. The normalized spacial score (nSPS) is 28.0. The van der Waals surface area contributed by atoms with Gasteiger partial charge >= 0.3 is 12.2 Å². The molecule has 0 spiro atoms. The number of rotatable bonds is 2. The maximum atomic E-state index is 12.8. The number of imide groups is 1. The average Bonchev–Trinajstić information content (AvgIpc) is 3.08. The first kappa shape index (κ1) is 15.9. The zero-order valence-electron chi connectivity index (χ0n) is 13.8. The van der Waals surface area contributed by atoms with Gasteiger partial charge in [-0.3, -0.25) is 4.79 Å². The molecule has 5 rings (SSSR count). The molecule has 1 aromatic carbocycles. The number of carbonyl (C=O) groups is 3. The van der Waals surface area contributed by atoms with Crippen LogP contribution in [-0.2, 0) is 9.53 Å². The Kier molecular flexibility index (Phi) is 4.07. The minimum atomic E-state index is -0.579. The van der Waals surface area contributed by atoms with Crippen LogP contribution in [0.3, 0.4) is 0 Å². The van der Waals surface area contributed by atoms with Crippen molar-refractivity contribution < 1.29 is 23.9 Å². The zero-order chi connectivity index (χ0) is 17.4. The molecule has 1 aromatic rings. The first-order valence-corrected chi connectivity index (χ1v) is 8.65. The van der Waals surface area contributed by atoms with Crippen LogP contribution >= 0.6 is 0 Å². The predicted molar refractivity (Wildman–Crippen MR) is 86.9 cm³/mol. The summed E-state index contributed by atoms with van der Waals surface area (Å²) in [5.74, 6) is 0.164. The van der Waals surface area contributed by atoms with Gasteiger partial charge in [0.05, 0.1) is 12.5 Å². The van der Waals surface area contributed by atoms with E-state index in [4.69, 9.17) is 9.47 Å². The standard InChI is InChI=1S/C18H20N2O5/c21-16(19-8-9-24-17(19)22)14-10-12-6-7-15(14)20(11-12)18(23)25-13-4-2-1-3-5-13/h1-5,12,14-15H,6-11H2/t12-,14+,15+/m0/s1. The molecule has 3 aliphatic heterocycles. The fourth-order valence-corrected chi connectivity index (χ4v) is 4.11. The van der Waals surface area contributed by atoms with Crippen LogP contribution in [0.5, 0.6) is 5.75 Å². The summed E-state index contributed by atoms with van der Waals surface area (Å²) in [6.45, 7) is 1.13. The van der Waals surface area contributed by atoms with E-state index in [1.165, 1.54) is 4.90 Å². The van der Waals surface area contributed by atoms with Crippen molar-refractivity contribution in [2.75, 3.05) is 19.7 Å². The Labute approximate surface area is 145 Å². The fraction of sp³-hybridized carbons (Fsp3) is 0.500. The second kappa shape index (κ2) is 6.38. The molecule has 0 radical (unpaired) electrons. The lowest BCUT2D eigenvalue weighted by molar-refractivity contribution is -0.138. The van der Waals surface area contributed by atoms with Gasteiger partial charge in [0.25, 0.3) is 0 Å². The predicted octanol–water partition coefficient (Wildman–Crippen LogP) is 2.26. The van der Waals surface area contributed by atoms with Crippen molar-refractivity contribution in [2.45, 2.75) is 25.3 Å². The number of fused-ring (bicyclic) bond motifs is 3. The van der Waals surface area contributed by atoms with Crippen LogP contribution < -0.4 is 4.74 Å². The van der Waals surface area contributed by atoms with Crippen molar-refractivity contribution in [2.24, 2.45) is 11.8 Å². The van der Waals surface area contributed by atoms with Crippen LogP contribution in [0.15, 0.2) is 30.3 Å². The number of nitrogens with zero attached hydrogens (tertiary/aromatic N) is 2. The fourth-order valence-electron chi connectivity index (χ4n) is 4.11. The molecular formula is C18H20N2O5. The van der Waals surface area contributed by atoms with Crippen LogP contribution in [0, 0.1) is 11.8 Å². The molecule has 1 saturated carbocycles. The monoisotopic (exact) mass is 344 g/mol. The molecule has 2 bridgehead atoms. The molecule has 7 nitrogen and oxygen atoms in total. The van der Waals surface area contributed by atoms with E-state index in [0.717, 1.165) is 12.8 Å². The van der Waals surface area contributed by atoms with Crippen LogP contribution in [0.2, 0.25) is 0 Å². The van der Waals surface area contributed by atoms with Gasteiger partial charge in [-0.25, -0.2) is 14.5 Å². The van der Waals surface area contributed by atoms with E-state index in [2.05, 4.69) is 0 Å². The summed E-state index contributed by atoms with van der Waals surface area (Å²) < 4.78 is 10.3. The average molecular weight is 344 g/mol. The van der Waals surface area contributed by atoms with Crippen LogP contribution in [0.4, 0.5) is 9.59 Å². The summed E-state index contributed by atoms with van der Waals surface area (Å²) >= 11 is 0. The van der Waals surface area contributed by atoms with Gasteiger partial charge in [0, 0.05) is 12.6 Å². The largest absolute Gasteiger partial charge is 0.447 e. The lowest BCUT2D eigenvalue weighted by Crippen LogP contribution is -2.59. The van der Waals surface area contributed by atoms with Crippen molar-refractivity contribution in [3.05, 3.63) is 30.3 Å². The van der Waals surface area contributed by atoms with E-state index in [1.807, 2.05) is 6.07 Å². The summed E-state index contributed by atoms with van der Waals surface area (Å²) in [6.07, 6.45) is 1.46. The second-order valence-corrected chi connectivity index (χ2v) is 6.79. The highest BCUT2D eigenvalue weighted by Gasteiger charge is 2.49. The van der Waals surface area contributed by atoms with Crippen molar-refractivity contribution in [1.29, 1.82) is 0 Å². The molecule has 4 aliphatic rings. The molecular weight excluding hydrogens is 324 g/mol. The van der Waals surface area contributed by atoms with E-state index in [9.17, 15) is 14.4 Å². The molecule has 7 heteroatoms. The first-order valence-electron chi connectivity index (χ1n) is 8.65. The van der Waals surface area contributed by atoms with Gasteiger partial charge < -0.3 is 14.4 Å². The first-order chi connectivity index (χ1) is 12.1. The SMILES string of the molecule is O=C1OCCN1C(=O)[C@@H]1C[C@@H]2CC[C@H]1N(C(=O)Oc1ccccc1)C2. The molecule has 3 amide bonds. The number of benzene rings is 1. The van der Waals surface area contributed by atoms with Gasteiger partial charge in [-0.05, 0) is 37.3 Å². The number of cyclic esters (lactones) is 1. The Morgan fingerprint density at radius 3 is 2.64 bits per heavy atom. The van der Waals surface area contributed by atoms with Gasteiger partial charge in [0.2, 0.25) is 5.91 Å². The van der Waals surface area contributed by atoms with E-state index >= 15 is 0 Å². The Hall–Kier alpha value is -2.57. The van der Waals surface area contributed by atoms with Gasteiger partial charge in [-0.1, -0.05) is 18.2 Å². The van der Waals surface area contributed by atoms with Gasteiger partial charge in [-0.15, -0.1) is 0 Å². The Balaban J connectivity index is 1.49. The van der Waals surface area contributed by atoms with E-state index < -0.39 is 12.2 Å². The Morgan fingerprint density at radius 1 is 1.16 bits per heavy atom. The highest BCUT2D eigenvalue weighted by Crippen LogP contribution is 2.40. The number of ether oxygens (including phenoxy) is 2. The highest BCUT2D eigenvalue weighted by molar-refractivity contribution is 5.95. The Bertz CT molecular complexity index is 692. The van der Waals surface area contributed by atoms with Crippen molar-refractivity contribution in [1.82, 2.24) is 9.80 Å². The third-order valence-electron chi connectivity index (χ3n) is 5.30. The second-order valence-electron chi connectivity index (χ2n) is 6.79. The maximum absolute atomic E-state index is 12.8. The number of para-hydroxylation sites is 1. The lowest BCUT2D eigenvalue weighted by atomic mass is 9.72. The summed E-state index contributed by atoms with van der Waals surface area (Å²) in [6, 6.07) is 8.69. The smallest absolute Gasteiger partial charge is 0.416 e. The topological polar surface area (TPSA) is 76.2 Å². The van der Waals surface area contributed by atoms with Crippen molar-refractivity contribution >= 4 is 18.1 Å². The summed E-state index contributed by atoms with van der Waals surface area (Å²) in [5, 5.41) is 0. The molecule has 0 aromatic heterocycles. The Morgan fingerprint density at radius 2 is 1.96 bits per heavy atom. The summed E-state index contributed by atoms with van der Waals surface area (Å²) in [7, 11) is 0. The molecule has 0 N–H and O–H groups in total. The quantitative estimate of drug-likeness (QED) is 0.822. The summed E-state index contributed by atoms with van der Waals surface area (Å²) in [4.78, 5) is 39.9. The third-order valence-corrected chi connectivity index (χ3v) is 5.30.